The third kappa shape index (κ3) is 2.32. The Hall–Kier alpha value is -1.58. The van der Waals surface area contributed by atoms with Gasteiger partial charge in [0, 0.05) is 11.1 Å². The molecule has 2 unspecified atom stereocenters. The average molecular weight is 226 g/mol. The number of hydrogen-bond donors (Lipinski definition) is 1. The minimum absolute atomic E-state index is 0.326. The molecule has 1 aromatic carbocycles. The number of carboxylic acid groups (broad SMARTS) is 1. The van der Waals surface area contributed by atoms with Gasteiger partial charge in [0.05, 0.1) is 13.0 Å². The number of benzene rings is 1. The van der Waals surface area contributed by atoms with Gasteiger partial charge < -0.3 is 9.84 Å². The van der Waals surface area contributed by atoms with Gasteiger partial charge in [-0.3, -0.25) is 4.79 Å². The van der Waals surface area contributed by atoms with Gasteiger partial charge in [-0.15, -0.1) is 0 Å². The Kier molecular flexibility index (Phi) is 3.88. The van der Waals surface area contributed by atoms with Crippen LogP contribution in [-0.4, -0.2) is 18.2 Å². The molecule has 0 heterocycles. The molecule has 0 aliphatic rings. The zero-order chi connectivity index (χ0) is 12.3. The summed E-state index contributed by atoms with van der Waals surface area (Å²) >= 11 is 0. The van der Waals surface area contributed by atoms with Crippen molar-refractivity contribution in [2.75, 3.05) is 7.11 Å². The third-order valence-electron chi connectivity index (χ3n) is 2.55. The van der Waals surface area contributed by atoms with Crippen LogP contribution in [0, 0.1) is 0 Å². The first-order valence-corrected chi connectivity index (χ1v) is 5.02. The normalized spacial score (nSPS) is 14.2. The molecule has 0 amide bonds. The minimum atomic E-state index is -1.18. The summed E-state index contributed by atoms with van der Waals surface area (Å²) in [6, 6.07) is 4.88. The molecule has 1 aromatic rings. The molecule has 0 aliphatic carbocycles. The Labute approximate surface area is 93.9 Å². The Balaban J connectivity index is 3.29. The van der Waals surface area contributed by atoms with Crippen molar-refractivity contribution in [3.63, 3.8) is 0 Å². The smallest absolute Gasteiger partial charge is 0.310 e. The molecule has 2 atom stereocenters. The summed E-state index contributed by atoms with van der Waals surface area (Å²) in [6.45, 7) is 2.94. The molecule has 0 aromatic heterocycles. The first-order chi connectivity index (χ1) is 7.49. The fourth-order valence-electron chi connectivity index (χ4n) is 1.60. The van der Waals surface area contributed by atoms with Crippen LogP contribution < -0.4 is 4.74 Å². The van der Waals surface area contributed by atoms with Crippen LogP contribution in [0.4, 0.5) is 4.39 Å². The Morgan fingerprint density at radius 3 is 2.38 bits per heavy atom. The van der Waals surface area contributed by atoms with Gasteiger partial charge in [-0.05, 0) is 13.8 Å². The van der Waals surface area contributed by atoms with Crippen molar-refractivity contribution in [2.45, 2.75) is 25.9 Å². The highest BCUT2D eigenvalue weighted by molar-refractivity contribution is 5.77. The van der Waals surface area contributed by atoms with E-state index in [0.717, 1.165) is 0 Å². The molecule has 3 nitrogen and oxygen atoms in total. The lowest BCUT2D eigenvalue weighted by atomic mass is 9.96. The highest BCUT2D eigenvalue weighted by Crippen LogP contribution is 2.34. The standard InChI is InChI=1S/C12H15FO3/c1-7(12(14)15)9-5-4-6-10(8(2)13)11(9)16-3/h4-8H,1-3H3,(H,14,15). The highest BCUT2D eigenvalue weighted by atomic mass is 19.1. The number of para-hydroxylation sites is 1. The van der Waals surface area contributed by atoms with Crippen molar-refractivity contribution in [3.8, 4) is 5.75 Å². The van der Waals surface area contributed by atoms with E-state index in [4.69, 9.17) is 9.84 Å². The lowest BCUT2D eigenvalue weighted by Gasteiger charge is -2.16. The second-order valence-corrected chi connectivity index (χ2v) is 3.65. The van der Waals surface area contributed by atoms with Crippen LogP contribution >= 0.6 is 0 Å². The fourth-order valence-corrected chi connectivity index (χ4v) is 1.60. The monoisotopic (exact) mass is 226 g/mol. The summed E-state index contributed by atoms with van der Waals surface area (Å²) in [5, 5.41) is 8.94. The number of rotatable bonds is 4. The molecular weight excluding hydrogens is 211 g/mol. The highest BCUT2D eigenvalue weighted by Gasteiger charge is 2.21. The van der Waals surface area contributed by atoms with Crippen LogP contribution in [-0.2, 0) is 4.79 Å². The summed E-state index contributed by atoms with van der Waals surface area (Å²) in [5.41, 5.74) is 0.880. The van der Waals surface area contributed by atoms with E-state index < -0.39 is 18.1 Å². The van der Waals surface area contributed by atoms with Crippen LogP contribution in [0.1, 0.15) is 37.1 Å². The van der Waals surface area contributed by atoms with E-state index in [1.54, 1.807) is 25.1 Å². The average Bonchev–Trinajstić information content (AvgIpc) is 2.26. The van der Waals surface area contributed by atoms with Crippen LogP contribution in [0.5, 0.6) is 5.75 Å². The van der Waals surface area contributed by atoms with E-state index in [1.807, 2.05) is 0 Å². The number of alkyl halides is 1. The summed E-state index contributed by atoms with van der Waals surface area (Å²) in [7, 11) is 1.42. The number of methoxy groups -OCH3 is 1. The summed E-state index contributed by atoms with van der Waals surface area (Å²) in [6.07, 6.45) is -1.18. The minimum Gasteiger partial charge on any atom is -0.496 e. The van der Waals surface area contributed by atoms with Crippen molar-refractivity contribution in [3.05, 3.63) is 29.3 Å². The molecule has 1 rings (SSSR count). The predicted octanol–water partition coefficient (Wildman–Crippen LogP) is 2.91. The van der Waals surface area contributed by atoms with Crippen molar-refractivity contribution >= 4 is 5.97 Å². The molecular formula is C12H15FO3. The third-order valence-corrected chi connectivity index (χ3v) is 2.55. The second kappa shape index (κ2) is 4.96. The summed E-state index contributed by atoms with van der Waals surface area (Å²) < 4.78 is 18.4. The molecule has 0 spiro atoms. The maximum absolute atomic E-state index is 13.3. The summed E-state index contributed by atoms with van der Waals surface area (Å²) in [5.74, 6) is -1.34. The SMILES string of the molecule is COc1c(C(C)F)cccc1C(C)C(=O)O. The van der Waals surface area contributed by atoms with E-state index in [0.29, 0.717) is 16.9 Å². The second-order valence-electron chi connectivity index (χ2n) is 3.65. The van der Waals surface area contributed by atoms with E-state index in [9.17, 15) is 9.18 Å². The molecule has 0 saturated heterocycles. The number of carboxylic acids is 1. The predicted molar refractivity (Wildman–Crippen MR) is 58.6 cm³/mol. The molecule has 1 N–H and O–H groups in total. The maximum atomic E-state index is 13.3. The van der Waals surface area contributed by atoms with Gasteiger partial charge in [0.25, 0.3) is 0 Å². The molecule has 0 saturated carbocycles. The van der Waals surface area contributed by atoms with Crippen LogP contribution in [0.3, 0.4) is 0 Å². The van der Waals surface area contributed by atoms with Crippen molar-refractivity contribution in [2.24, 2.45) is 0 Å². The molecule has 0 aliphatic heterocycles. The van der Waals surface area contributed by atoms with Crippen molar-refractivity contribution in [1.82, 2.24) is 0 Å². The Bertz CT molecular complexity index is 388. The van der Waals surface area contributed by atoms with Gasteiger partial charge in [-0.1, -0.05) is 18.2 Å². The van der Waals surface area contributed by atoms with Crippen molar-refractivity contribution in [1.29, 1.82) is 0 Å². The molecule has 16 heavy (non-hydrogen) atoms. The first-order valence-electron chi connectivity index (χ1n) is 5.02. The van der Waals surface area contributed by atoms with Crippen LogP contribution in [0.25, 0.3) is 0 Å². The summed E-state index contributed by atoms with van der Waals surface area (Å²) in [4.78, 5) is 10.9. The molecule has 0 bridgehead atoms. The van der Waals surface area contributed by atoms with Crippen LogP contribution in [0.15, 0.2) is 18.2 Å². The lowest BCUT2D eigenvalue weighted by molar-refractivity contribution is -0.138. The fraction of sp³-hybridized carbons (Fsp3) is 0.417. The Morgan fingerprint density at radius 1 is 1.38 bits per heavy atom. The molecule has 88 valence electrons. The van der Waals surface area contributed by atoms with E-state index in [1.165, 1.54) is 14.0 Å². The van der Waals surface area contributed by atoms with Gasteiger partial charge >= 0.3 is 5.97 Å². The van der Waals surface area contributed by atoms with E-state index in [-0.39, 0.29) is 0 Å². The number of carbonyl (C=O) groups is 1. The van der Waals surface area contributed by atoms with E-state index in [2.05, 4.69) is 0 Å². The first kappa shape index (κ1) is 12.5. The Morgan fingerprint density at radius 2 is 1.94 bits per heavy atom. The van der Waals surface area contributed by atoms with E-state index >= 15 is 0 Å². The van der Waals surface area contributed by atoms with Crippen LogP contribution in [0.2, 0.25) is 0 Å². The number of ether oxygens (including phenoxy) is 1. The number of halogens is 1. The zero-order valence-electron chi connectivity index (χ0n) is 9.53. The molecule has 0 radical (unpaired) electrons. The lowest BCUT2D eigenvalue weighted by Crippen LogP contribution is -2.10. The van der Waals surface area contributed by atoms with Gasteiger partial charge in [0.15, 0.2) is 0 Å². The van der Waals surface area contributed by atoms with Gasteiger partial charge in [0.2, 0.25) is 0 Å². The number of hydrogen-bond acceptors (Lipinski definition) is 2. The largest absolute Gasteiger partial charge is 0.496 e. The molecule has 0 fully saturated rings. The van der Waals surface area contributed by atoms with Gasteiger partial charge in [0.1, 0.15) is 11.9 Å². The maximum Gasteiger partial charge on any atom is 0.310 e. The van der Waals surface area contributed by atoms with Gasteiger partial charge in [-0.2, -0.15) is 0 Å². The molecule has 4 heteroatoms. The quantitative estimate of drug-likeness (QED) is 0.858. The van der Waals surface area contributed by atoms with Gasteiger partial charge in [-0.25, -0.2) is 4.39 Å². The topological polar surface area (TPSA) is 46.5 Å². The number of aliphatic carboxylic acids is 1. The van der Waals surface area contributed by atoms with Crippen molar-refractivity contribution < 1.29 is 19.0 Å². The zero-order valence-corrected chi connectivity index (χ0v) is 9.53.